The van der Waals surface area contributed by atoms with Gasteiger partial charge in [-0.3, -0.25) is 14.5 Å². The lowest BCUT2D eigenvalue weighted by Crippen LogP contribution is -2.49. The minimum atomic E-state index is -4.59. The monoisotopic (exact) mass is 392 g/mol. The Bertz CT molecular complexity index is 840. The topological polar surface area (TPSA) is 58.6 Å². The van der Waals surface area contributed by atoms with E-state index in [0.717, 1.165) is 11.6 Å². The molecule has 28 heavy (non-hydrogen) atoms. The first kappa shape index (κ1) is 19.9. The molecule has 0 unspecified atom stereocenters. The van der Waals surface area contributed by atoms with Crippen LogP contribution in [0.2, 0.25) is 0 Å². The van der Waals surface area contributed by atoms with E-state index >= 15 is 0 Å². The van der Waals surface area contributed by atoms with Gasteiger partial charge in [0.05, 0.1) is 17.7 Å². The van der Waals surface area contributed by atoms with Gasteiger partial charge in [-0.05, 0) is 17.7 Å². The highest BCUT2D eigenvalue weighted by molar-refractivity contribution is 5.95. The molecule has 3 rings (SSSR count). The molecule has 1 saturated heterocycles. The molecule has 0 aliphatic carbocycles. The zero-order valence-electron chi connectivity index (χ0n) is 14.9. The maximum Gasteiger partial charge on any atom is 0.418 e. The molecule has 8 heteroatoms. The molecule has 0 saturated carbocycles. The van der Waals surface area contributed by atoms with Crippen molar-refractivity contribution in [1.82, 2.24) is 4.90 Å². The Hall–Kier alpha value is -2.87. The van der Waals surface area contributed by atoms with Crippen molar-refractivity contribution in [1.29, 1.82) is 0 Å². The quantitative estimate of drug-likeness (QED) is 0.792. The van der Waals surface area contributed by atoms with Crippen molar-refractivity contribution in [3.8, 4) is 0 Å². The second kappa shape index (κ2) is 8.43. The van der Waals surface area contributed by atoms with Crippen molar-refractivity contribution in [2.24, 2.45) is 0 Å². The van der Waals surface area contributed by atoms with Gasteiger partial charge in [-0.2, -0.15) is 13.2 Å². The molecule has 5 nitrogen and oxygen atoms in total. The molecule has 148 valence electrons. The summed E-state index contributed by atoms with van der Waals surface area (Å²) in [5.41, 5.74) is -0.306. The molecule has 0 bridgehead atoms. The van der Waals surface area contributed by atoms with E-state index < -0.39 is 29.7 Å². The second-order valence-corrected chi connectivity index (χ2v) is 6.44. The number of cyclic esters (lactones) is 1. The Balaban J connectivity index is 1.71. The fraction of sp³-hybridized carbons (Fsp3) is 0.300. The van der Waals surface area contributed by atoms with E-state index in [-0.39, 0.29) is 18.7 Å². The summed E-state index contributed by atoms with van der Waals surface area (Å²) in [5.74, 6) is -1.24. The number of rotatable bonds is 5. The predicted molar refractivity (Wildman–Crippen MR) is 96.3 cm³/mol. The summed E-state index contributed by atoms with van der Waals surface area (Å²) >= 11 is 0. The average Bonchev–Trinajstić information content (AvgIpc) is 2.65. The number of amides is 1. The fourth-order valence-electron chi connectivity index (χ4n) is 3.10. The molecular weight excluding hydrogens is 373 g/mol. The zero-order chi connectivity index (χ0) is 20.1. The van der Waals surface area contributed by atoms with Gasteiger partial charge in [-0.25, -0.2) is 0 Å². The number of morpholine rings is 1. The first-order chi connectivity index (χ1) is 13.3. The van der Waals surface area contributed by atoms with Crippen LogP contribution in [0.25, 0.3) is 0 Å². The first-order valence-corrected chi connectivity index (χ1v) is 8.75. The van der Waals surface area contributed by atoms with Gasteiger partial charge in [-0.1, -0.05) is 42.5 Å². The van der Waals surface area contributed by atoms with Crippen LogP contribution in [0.3, 0.4) is 0 Å². The third-order valence-corrected chi connectivity index (χ3v) is 4.45. The second-order valence-electron chi connectivity index (χ2n) is 6.44. The lowest BCUT2D eigenvalue weighted by molar-refractivity contribution is -0.159. The summed E-state index contributed by atoms with van der Waals surface area (Å²) in [7, 11) is 0. The van der Waals surface area contributed by atoms with E-state index in [1.54, 1.807) is 4.90 Å². The van der Waals surface area contributed by atoms with Gasteiger partial charge >= 0.3 is 12.1 Å². The number of para-hydroxylation sites is 1. The standard InChI is InChI=1S/C20H19F3N2O3/c21-20(22,23)15-8-4-5-9-16(15)24-18(26)12-17-19(27)28-11-10-25(17)13-14-6-2-1-3-7-14/h1-9,17H,10-13H2,(H,24,26)/t17-/m1/s1. The van der Waals surface area contributed by atoms with Gasteiger partial charge < -0.3 is 10.1 Å². The molecule has 1 aliphatic rings. The number of hydrogen-bond donors (Lipinski definition) is 1. The van der Waals surface area contributed by atoms with Gasteiger partial charge in [0, 0.05) is 13.1 Å². The van der Waals surface area contributed by atoms with Crippen LogP contribution in [0.5, 0.6) is 0 Å². The van der Waals surface area contributed by atoms with Crippen LogP contribution in [-0.2, 0) is 27.0 Å². The molecule has 1 atom stereocenters. The minimum absolute atomic E-state index is 0.209. The van der Waals surface area contributed by atoms with Crippen LogP contribution in [0, 0.1) is 0 Å². The normalized spacial score (nSPS) is 17.8. The minimum Gasteiger partial charge on any atom is -0.463 e. The van der Waals surface area contributed by atoms with E-state index in [1.165, 1.54) is 18.2 Å². The van der Waals surface area contributed by atoms with Crippen molar-refractivity contribution in [3.63, 3.8) is 0 Å². The predicted octanol–water partition coefficient (Wildman–Crippen LogP) is 3.46. The third kappa shape index (κ3) is 4.89. The number of ether oxygens (including phenoxy) is 1. The van der Waals surface area contributed by atoms with Crippen molar-refractivity contribution in [2.75, 3.05) is 18.5 Å². The molecule has 1 amide bonds. The average molecular weight is 392 g/mol. The number of anilines is 1. The van der Waals surface area contributed by atoms with Gasteiger partial charge in [0.2, 0.25) is 5.91 Å². The Labute approximate surface area is 160 Å². The molecular formula is C20H19F3N2O3. The van der Waals surface area contributed by atoms with E-state index in [4.69, 9.17) is 4.74 Å². The van der Waals surface area contributed by atoms with E-state index in [1.807, 2.05) is 30.3 Å². The maximum absolute atomic E-state index is 13.1. The number of hydrogen-bond acceptors (Lipinski definition) is 4. The lowest BCUT2D eigenvalue weighted by Gasteiger charge is -2.33. The van der Waals surface area contributed by atoms with Crippen LogP contribution in [0.15, 0.2) is 54.6 Å². The Morgan fingerprint density at radius 3 is 2.50 bits per heavy atom. The summed E-state index contributed by atoms with van der Waals surface area (Å²) in [6.07, 6.45) is -4.88. The van der Waals surface area contributed by atoms with Crippen molar-refractivity contribution >= 4 is 17.6 Å². The number of carbonyl (C=O) groups is 2. The molecule has 1 N–H and O–H groups in total. The van der Waals surface area contributed by atoms with Gasteiger partial charge in [0.1, 0.15) is 12.6 Å². The highest BCUT2D eigenvalue weighted by atomic mass is 19.4. The molecule has 1 fully saturated rings. The first-order valence-electron chi connectivity index (χ1n) is 8.75. The Morgan fingerprint density at radius 2 is 1.79 bits per heavy atom. The summed E-state index contributed by atoms with van der Waals surface area (Å²) in [5, 5.41) is 2.28. The molecule has 0 radical (unpaired) electrons. The fourth-order valence-corrected chi connectivity index (χ4v) is 3.10. The van der Waals surface area contributed by atoms with Crippen LogP contribution in [0.4, 0.5) is 18.9 Å². The zero-order valence-corrected chi connectivity index (χ0v) is 14.9. The molecule has 0 aromatic heterocycles. The third-order valence-electron chi connectivity index (χ3n) is 4.45. The summed E-state index contributed by atoms with van der Waals surface area (Å²) < 4.78 is 44.3. The molecule has 1 heterocycles. The number of alkyl halides is 3. The van der Waals surface area contributed by atoms with Crippen LogP contribution in [0.1, 0.15) is 17.5 Å². The van der Waals surface area contributed by atoms with E-state index in [2.05, 4.69) is 5.32 Å². The Morgan fingerprint density at radius 1 is 1.11 bits per heavy atom. The van der Waals surface area contributed by atoms with Crippen molar-refractivity contribution in [3.05, 3.63) is 65.7 Å². The largest absolute Gasteiger partial charge is 0.463 e. The Kier molecular flexibility index (Phi) is 5.99. The van der Waals surface area contributed by atoms with E-state index in [9.17, 15) is 22.8 Å². The molecule has 2 aromatic carbocycles. The van der Waals surface area contributed by atoms with Crippen molar-refractivity contribution < 1.29 is 27.5 Å². The highest BCUT2D eigenvalue weighted by Gasteiger charge is 2.36. The summed E-state index contributed by atoms with van der Waals surface area (Å²) in [4.78, 5) is 26.4. The number of carbonyl (C=O) groups excluding carboxylic acids is 2. The maximum atomic E-state index is 13.1. The molecule has 0 spiro atoms. The molecule has 2 aromatic rings. The highest BCUT2D eigenvalue weighted by Crippen LogP contribution is 2.34. The smallest absolute Gasteiger partial charge is 0.418 e. The summed E-state index contributed by atoms with van der Waals surface area (Å²) in [6, 6.07) is 13.3. The number of nitrogens with one attached hydrogen (secondary N) is 1. The SMILES string of the molecule is O=C(C[C@@H]1C(=O)OCCN1Cc1ccccc1)Nc1ccccc1C(F)(F)F. The van der Waals surface area contributed by atoms with Crippen LogP contribution >= 0.6 is 0 Å². The van der Waals surface area contributed by atoms with Gasteiger partial charge in [-0.15, -0.1) is 0 Å². The van der Waals surface area contributed by atoms with E-state index in [0.29, 0.717) is 13.1 Å². The molecule has 1 aliphatic heterocycles. The number of esters is 1. The summed E-state index contributed by atoms with van der Waals surface area (Å²) in [6.45, 7) is 1.09. The number of benzene rings is 2. The van der Waals surface area contributed by atoms with Gasteiger partial charge in [0.15, 0.2) is 0 Å². The lowest BCUT2D eigenvalue weighted by atomic mass is 10.1. The number of halogens is 3. The van der Waals surface area contributed by atoms with Crippen LogP contribution in [-0.4, -0.2) is 36.0 Å². The van der Waals surface area contributed by atoms with Gasteiger partial charge in [0.25, 0.3) is 0 Å². The van der Waals surface area contributed by atoms with Crippen molar-refractivity contribution in [2.45, 2.75) is 25.2 Å². The number of nitrogens with zero attached hydrogens (tertiary/aromatic N) is 1. The van der Waals surface area contributed by atoms with Crippen LogP contribution < -0.4 is 5.32 Å².